The normalized spacial score (nSPS) is 11.4. The number of carbonyl (C=O) groups is 1. The molecule has 0 heterocycles. The molecule has 0 saturated carbocycles. The van der Waals surface area contributed by atoms with E-state index >= 15 is 0 Å². The molecule has 0 aliphatic heterocycles. The lowest BCUT2D eigenvalue weighted by molar-refractivity contribution is 0.0528. The second-order valence-corrected chi connectivity index (χ2v) is 8.75. The summed E-state index contributed by atoms with van der Waals surface area (Å²) < 4.78 is 11.0. The molecular formula is C28H32N2O3. The van der Waals surface area contributed by atoms with E-state index in [0.717, 1.165) is 40.1 Å². The molecule has 0 bridgehead atoms. The van der Waals surface area contributed by atoms with Gasteiger partial charge in [0.2, 0.25) is 0 Å². The molecule has 0 unspecified atom stereocenters. The van der Waals surface area contributed by atoms with Crippen LogP contribution in [0.1, 0.15) is 31.9 Å². The van der Waals surface area contributed by atoms with Crippen molar-refractivity contribution in [1.29, 1.82) is 0 Å². The zero-order chi connectivity index (χ0) is 23.7. The zero-order valence-corrected chi connectivity index (χ0v) is 19.5. The number of amides is 1. The molecule has 3 aromatic rings. The van der Waals surface area contributed by atoms with Gasteiger partial charge in [0.25, 0.3) is 0 Å². The first-order valence-electron chi connectivity index (χ1n) is 11.1. The summed E-state index contributed by atoms with van der Waals surface area (Å²) in [6.07, 6.45) is 4.29. The number of hydrogen-bond acceptors (Lipinski definition) is 4. The Morgan fingerprint density at radius 2 is 1.73 bits per heavy atom. The molecule has 3 rings (SSSR count). The molecule has 172 valence electrons. The maximum Gasteiger partial charge on any atom is 0.407 e. The van der Waals surface area contributed by atoms with Gasteiger partial charge in [0.05, 0.1) is 0 Å². The molecule has 0 fully saturated rings. The SMILES string of the molecule is CC(C)(C)OC(=O)NCCc1ccc(OCC=Cc2ccc(-c3ccccc3)c(N)c2)cc1. The number of nitrogen functional groups attached to an aromatic ring is 1. The van der Waals surface area contributed by atoms with Crippen LogP contribution in [0, 0.1) is 0 Å². The first-order valence-corrected chi connectivity index (χ1v) is 11.1. The van der Waals surface area contributed by atoms with Crippen molar-refractivity contribution in [3.63, 3.8) is 0 Å². The lowest BCUT2D eigenvalue weighted by atomic mass is 10.0. The summed E-state index contributed by atoms with van der Waals surface area (Å²) in [5.41, 5.74) is 10.8. The number of ether oxygens (including phenoxy) is 2. The van der Waals surface area contributed by atoms with Crippen LogP contribution >= 0.6 is 0 Å². The number of carbonyl (C=O) groups excluding carboxylic acids is 1. The second kappa shape index (κ2) is 11.2. The molecule has 0 radical (unpaired) electrons. The van der Waals surface area contributed by atoms with Crippen LogP contribution in [0.15, 0.2) is 78.9 Å². The predicted octanol–water partition coefficient (Wildman–Crippen LogP) is 6.10. The Bertz CT molecular complexity index is 1070. The fraction of sp³-hybridized carbons (Fsp3) is 0.250. The van der Waals surface area contributed by atoms with Gasteiger partial charge >= 0.3 is 6.09 Å². The second-order valence-electron chi connectivity index (χ2n) is 8.75. The minimum absolute atomic E-state index is 0.397. The van der Waals surface area contributed by atoms with E-state index in [-0.39, 0.29) is 0 Å². The van der Waals surface area contributed by atoms with Gasteiger partial charge in [-0.2, -0.15) is 0 Å². The maximum absolute atomic E-state index is 11.7. The highest BCUT2D eigenvalue weighted by molar-refractivity contribution is 5.78. The van der Waals surface area contributed by atoms with Crippen LogP contribution in [-0.2, 0) is 11.2 Å². The molecule has 5 nitrogen and oxygen atoms in total. The van der Waals surface area contributed by atoms with E-state index in [2.05, 4.69) is 23.5 Å². The number of hydrogen-bond donors (Lipinski definition) is 2. The smallest absolute Gasteiger partial charge is 0.407 e. The number of nitrogens with one attached hydrogen (secondary N) is 1. The van der Waals surface area contributed by atoms with Gasteiger partial charge in [-0.1, -0.05) is 60.7 Å². The van der Waals surface area contributed by atoms with Crippen molar-refractivity contribution in [3.8, 4) is 16.9 Å². The topological polar surface area (TPSA) is 73.6 Å². The molecule has 0 aliphatic carbocycles. The van der Waals surface area contributed by atoms with Crippen molar-refractivity contribution in [3.05, 3.63) is 90.0 Å². The van der Waals surface area contributed by atoms with E-state index in [1.807, 2.05) is 87.5 Å². The van der Waals surface area contributed by atoms with Crippen LogP contribution in [0.3, 0.4) is 0 Å². The molecule has 33 heavy (non-hydrogen) atoms. The van der Waals surface area contributed by atoms with Gasteiger partial charge in [-0.25, -0.2) is 4.79 Å². The van der Waals surface area contributed by atoms with Gasteiger partial charge in [-0.15, -0.1) is 0 Å². The first kappa shape index (κ1) is 23.9. The van der Waals surface area contributed by atoms with E-state index in [4.69, 9.17) is 15.2 Å². The predicted molar refractivity (Wildman–Crippen MR) is 135 cm³/mol. The van der Waals surface area contributed by atoms with Gasteiger partial charge < -0.3 is 20.5 Å². The fourth-order valence-corrected chi connectivity index (χ4v) is 3.27. The largest absolute Gasteiger partial charge is 0.490 e. The Hall–Kier alpha value is -3.73. The molecular weight excluding hydrogens is 412 g/mol. The molecule has 5 heteroatoms. The molecule has 0 spiro atoms. The Morgan fingerprint density at radius 3 is 2.39 bits per heavy atom. The zero-order valence-electron chi connectivity index (χ0n) is 19.5. The lowest BCUT2D eigenvalue weighted by Crippen LogP contribution is -2.33. The first-order chi connectivity index (χ1) is 15.8. The van der Waals surface area contributed by atoms with Crippen molar-refractivity contribution >= 4 is 17.9 Å². The monoisotopic (exact) mass is 444 g/mol. The van der Waals surface area contributed by atoms with Gasteiger partial charge in [0.1, 0.15) is 18.0 Å². The van der Waals surface area contributed by atoms with Crippen LogP contribution in [0.2, 0.25) is 0 Å². The van der Waals surface area contributed by atoms with E-state index < -0.39 is 11.7 Å². The minimum atomic E-state index is -0.490. The summed E-state index contributed by atoms with van der Waals surface area (Å²) in [6, 6.07) is 24.0. The molecule has 0 saturated heterocycles. The highest BCUT2D eigenvalue weighted by Crippen LogP contribution is 2.26. The minimum Gasteiger partial charge on any atom is -0.490 e. The van der Waals surface area contributed by atoms with Crippen molar-refractivity contribution in [2.24, 2.45) is 0 Å². The molecule has 1 amide bonds. The highest BCUT2D eigenvalue weighted by Gasteiger charge is 2.15. The standard InChI is InChI=1S/C28H32N2O3/c1-28(2,3)33-27(31)30-18-17-21-11-14-24(15-12-21)32-19-7-8-22-13-16-25(26(29)20-22)23-9-5-4-6-10-23/h4-16,20H,17-19,29H2,1-3H3,(H,30,31). The van der Waals surface area contributed by atoms with Crippen molar-refractivity contribution < 1.29 is 14.3 Å². The molecule has 0 aromatic heterocycles. The Labute approximate surface area is 196 Å². The Kier molecular flexibility index (Phi) is 8.14. The molecule has 0 atom stereocenters. The van der Waals surface area contributed by atoms with Gasteiger partial charge in [0.15, 0.2) is 0 Å². The van der Waals surface area contributed by atoms with Crippen LogP contribution in [0.25, 0.3) is 17.2 Å². The molecule has 0 aliphatic rings. The summed E-state index contributed by atoms with van der Waals surface area (Å²) in [6.45, 7) is 6.51. The van der Waals surface area contributed by atoms with Crippen LogP contribution in [-0.4, -0.2) is 24.8 Å². The van der Waals surface area contributed by atoms with Crippen molar-refractivity contribution in [2.45, 2.75) is 32.8 Å². The van der Waals surface area contributed by atoms with E-state index in [1.165, 1.54) is 0 Å². The number of alkyl carbamates (subject to hydrolysis) is 1. The summed E-state index contributed by atoms with van der Waals surface area (Å²) in [5, 5.41) is 2.77. The lowest BCUT2D eigenvalue weighted by Gasteiger charge is -2.19. The molecule has 3 aromatic carbocycles. The third-order valence-corrected chi connectivity index (χ3v) is 4.82. The van der Waals surface area contributed by atoms with Crippen LogP contribution in [0.4, 0.5) is 10.5 Å². The number of benzene rings is 3. The summed E-state index contributed by atoms with van der Waals surface area (Å²) in [4.78, 5) is 11.7. The highest BCUT2D eigenvalue weighted by atomic mass is 16.6. The van der Waals surface area contributed by atoms with Crippen LogP contribution < -0.4 is 15.8 Å². The van der Waals surface area contributed by atoms with E-state index in [0.29, 0.717) is 13.2 Å². The Balaban J connectivity index is 1.43. The number of anilines is 1. The molecule has 3 N–H and O–H groups in total. The van der Waals surface area contributed by atoms with E-state index in [1.54, 1.807) is 0 Å². The Morgan fingerprint density at radius 1 is 1.00 bits per heavy atom. The van der Waals surface area contributed by atoms with Gasteiger partial charge in [-0.05, 0) is 68.2 Å². The number of nitrogens with two attached hydrogens (primary N) is 1. The van der Waals surface area contributed by atoms with E-state index in [9.17, 15) is 4.79 Å². The average Bonchev–Trinajstić information content (AvgIpc) is 2.77. The third kappa shape index (κ3) is 8.04. The summed E-state index contributed by atoms with van der Waals surface area (Å²) in [7, 11) is 0. The van der Waals surface area contributed by atoms with Gasteiger partial charge in [0, 0.05) is 17.8 Å². The fourth-order valence-electron chi connectivity index (χ4n) is 3.27. The quantitative estimate of drug-likeness (QED) is 0.412. The van der Waals surface area contributed by atoms with Crippen molar-refractivity contribution in [2.75, 3.05) is 18.9 Å². The number of rotatable bonds is 8. The third-order valence-electron chi connectivity index (χ3n) is 4.82. The van der Waals surface area contributed by atoms with Crippen LogP contribution in [0.5, 0.6) is 5.75 Å². The maximum atomic E-state index is 11.7. The summed E-state index contributed by atoms with van der Waals surface area (Å²) >= 11 is 0. The van der Waals surface area contributed by atoms with Gasteiger partial charge in [-0.3, -0.25) is 0 Å². The van der Waals surface area contributed by atoms with Crippen molar-refractivity contribution in [1.82, 2.24) is 5.32 Å². The average molecular weight is 445 g/mol. The summed E-state index contributed by atoms with van der Waals surface area (Å²) in [5.74, 6) is 0.794.